The first-order valence-electron chi connectivity index (χ1n) is 7.60. The summed E-state index contributed by atoms with van der Waals surface area (Å²) in [5.74, 6) is 0.761. The number of fused-ring (bicyclic) bond motifs is 2. The summed E-state index contributed by atoms with van der Waals surface area (Å²) in [5, 5.41) is 20.6. The average Bonchev–Trinajstić information content (AvgIpc) is 3.09. The first kappa shape index (κ1) is 15.2. The van der Waals surface area contributed by atoms with Gasteiger partial charge in [-0.25, -0.2) is 4.98 Å². The molecule has 0 radical (unpaired) electrons. The van der Waals surface area contributed by atoms with Crippen molar-refractivity contribution >= 4 is 28.1 Å². The molecule has 0 aliphatic carbocycles. The van der Waals surface area contributed by atoms with Crippen LogP contribution in [0.5, 0.6) is 5.75 Å². The molecule has 126 valence electrons. The Morgan fingerprint density at radius 2 is 2.24 bits per heavy atom. The summed E-state index contributed by atoms with van der Waals surface area (Å²) in [6.07, 6.45) is 3.30. The van der Waals surface area contributed by atoms with E-state index in [2.05, 4.69) is 20.5 Å². The van der Waals surface area contributed by atoms with Crippen LogP contribution in [0.15, 0.2) is 47.5 Å². The number of rotatable bonds is 4. The molecule has 0 atom stereocenters. The highest BCUT2D eigenvalue weighted by molar-refractivity contribution is 5.83. The molecule has 0 aliphatic heterocycles. The van der Waals surface area contributed by atoms with Crippen LogP contribution in [0, 0.1) is 0 Å². The van der Waals surface area contributed by atoms with Crippen LogP contribution < -0.4 is 15.6 Å². The number of anilines is 2. The zero-order valence-corrected chi connectivity index (χ0v) is 13.4. The smallest absolute Gasteiger partial charge is 0.265 e. The molecule has 4 aromatic rings. The van der Waals surface area contributed by atoms with Gasteiger partial charge in [-0.3, -0.25) is 14.3 Å². The number of aliphatic hydroxyl groups excluding tert-OH is 1. The highest BCUT2D eigenvalue weighted by Gasteiger charge is 2.15. The van der Waals surface area contributed by atoms with Crippen molar-refractivity contribution in [1.29, 1.82) is 0 Å². The number of aromatic amines is 1. The summed E-state index contributed by atoms with van der Waals surface area (Å²) in [5.41, 5.74) is 1.84. The fourth-order valence-electron chi connectivity index (χ4n) is 2.74. The van der Waals surface area contributed by atoms with Gasteiger partial charge in [0.15, 0.2) is 11.4 Å². The third kappa shape index (κ3) is 2.48. The van der Waals surface area contributed by atoms with Crippen molar-refractivity contribution in [3.63, 3.8) is 0 Å². The topological polar surface area (TPSA) is 105 Å². The van der Waals surface area contributed by atoms with Gasteiger partial charge in [0.05, 0.1) is 31.0 Å². The maximum absolute atomic E-state index is 12.7. The Bertz CT molecular complexity index is 1130. The van der Waals surface area contributed by atoms with Crippen molar-refractivity contribution in [2.75, 3.05) is 12.4 Å². The Hall–Kier alpha value is -3.39. The van der Waals surface area contributed by atoms with Gasteiger partial charge in [-0.05, 0) is 30.3 Å². The molecular weight excluding hydrogens is 322 g/mol. The zero-order chi connectivity index (χ0) is 17.4. The minimum absolute atomic E-state index is 0.179. The molecule has 0 amide bonds. The third-order valence-corrected chi connectivity index (χ3v) is 3.99. The second-order valence-electron chi connectivity index (χ2n) is 5.47. The van der Waals surface area contributed by atoms with E-state index < -0.39 is 6.61 Å². The van der Waals surface area contributed by atoms with Gasteiger partial charge in [0.25, 0.3) is 5.56 Å². The van der Waals surface area contributed by atoms with Crippen LogP contribution in [0.4, 0.5) is 11.5 Å². The van der Waals surface area contributed by atoms with E-state index in [-0.39, 0.29) is 11.1 Å². The summed E-state index contributed by atoms with van der Waals surface area (Å²) >= 11 is 0. The van der Waals surface area contributed by atoms with Crippen LogP contribution in [0.1, 0.15) is 5.56 Å². The molecule has 0 aliphatic rings. The predicted octanol–water partition coefficient (Wildman–Crippen LogP) is 1.82. The molecular formula is C17H15N5O3. The highest BCUT2D eigenvalue weighted by Crippen LogP contribution is 2.24. The highest BCUT2D eigenvalue weighted by atomic mass is 16.5. The number of hydrogen-bond donors (Lipinski definition) is 3. The van der Waals surface area contributed by atoms with Gasteiger partial charge >= 0.3 is 0 Å². The lowest BCUT2D eigenvalue weighted by atomic mass is 10.2. The number of aromatic nitrogens is 4. The van der Waals surface area contributed by atoms with Gasteiger partial charge in [0.2, 0.25) is 0 Å². The normalized spacial score (nSPS) is 11.1. The first-order chi connectivity index (χ1) is 12.2. The lowest BCUT2D eigenvalue weighted by Crippen LogP contribution is -2.22. The molecule has 0 unspecified atom stereocenters. The van der Waals surface area contributed by atoms with Gasteiger partial charge in [-0.15, -0.1) is 0 Å². The maximum atomic E-state index is 12.7. The lowest BCUT2D eigenvalue weighted by Gasteiger charge is -2.13. The van der Waals surface area contributed by atoms with Crippen LogP contribution >= 0.6 is 0 Å². The van der Waals surface area contributed by atoms with Crippen molar-refractivity contribution in [1.82, 2.24) is 19.6 Å². The van der Waals surface area contributed by atoms with Crippen molar-refractivity contribution in [3.05, 3.63) is 58.6 Å². The van der Waals surface area contributed by atoms with Crippen LogP contribution in [0.3, 0.4) is 0 Å². The van der Waals surface area contributed by atoms with E-state index in [0.29, 0.717) is 17.2 Å². The SMILES string of the molecule is COc1cccn2c(=O)c(CO)c(Nc3ccc4[nH]ncc4c3)nc12. The lowest BCUT2D eigenvalue weighted by molar-refractivity contribution is 0.280. The minimum atomic E-state index is -0.428. The molecule has 1 aromatic carbocycles. The third-order valence-electron chi connectivity index (χ3n) is 3.99. The number of pyridine rings is 1. The predicted molar refractivity (Wildman–Crippen MR) is 93.3 cm³/mol. The second-order valence-corrected chi connectivity index (χ2v) is 5.47. The van der Waals surface area contributed by atoms with E-state index in [4.69, 9.17) is 4.74 Å². The van der Waals surface area contributed by atoms with Crippen molar-refractivity contribution in [2.45, 2.75) is 6.61 Å². The molecule has 3 aromatic heterocycles. The largest absolute Gasteiger partial charge is 0.493 e. The first-order valence-corrected chi connectivity index (χ1v) is 7.60. The van der Waals surface area contributed by atoms with E-state index in [9.17, 15) is 9.90 Å². The Labute approximate surface area is 141 Å². The van der Waals surface area contributed by atoms with Gasteiger partial charge in [0.1, 0.15) is 5.82 Å². The minimum Gasteiger partial charge on any atom is -0.493 e. The van der Waals surface area contributed by atoms with Crippen LogP contribution in [0.2, 0.25) is 0 Å². The summed E-state index contributed by atoms with van der Waals surface area (Å²) < 4.78 is 6.64. The number of aliphatic hydroxyl groups is 1. The molecule has 0 saturated carbocycles. The quantitative estimate of drug-likeness (QED) is 0.525. The fourth-order valence-corrected chi connectivity index (χ4v) is 2.74. The van der Waals surface area contributed by atoms with E-state index in [1.165, 1.54) is 11.5 Å². The Morgan fingerprint density at radius 3 is 3.04 bits per heavy atom. The van der Waals surface area contributed by atoms with Gasteiger partial charge in [-0.1, -0.05) is 0 Å². The van der Waals surface area contributed by atoms with E-state index in [1.54, 1.807) is 24.5 Å². The maximum Gasteiger partial charge on any atom is 0.265 e. The van der Waals surface area contributed by atoms with Gasteiger partial charge in [0, 0.05) is 17.3 Å². The summed E-state index contributed by atoms with van der Waals surface area (Å²) in [6, 6.07) is 9.01. The molecule has 0 bridgehead atoms. The molecule has 25 heavy (non-hydrogen) atoms. The Morgan fingerprint density at radius 1 is 1.36 bits per heavy atom. The average molecular weight is 337 g/mol. The molecule has 8 heteroatoms. The van der Waals surface area contributed by atoms with E-state index in [0.717, 1.165) is 16.6 Å². The van der Waals surface area contributed by atoms with Crippen LogP contribution in [-0.2, 0) is 6.61 Å². The number of nitrogens with zero attached hydrogens (tertiary/aromatic N) is 3. The molecule has 3 N–H and O–H groups in total. The molecule has 4 rings (SSSR count). The standard InChI is InChI=1S/C17H15N5O3/c1-25-14-3-2-6-22-16(14)20-15(12(9-23)17(22)24)19-11-4-5-13-10(7-11)8-18-21-13/h2-8,19,23H,9H2,1H3,(H,18,21). The zero-order valence-electron chi connectivity index (χ0n) is 13.4. The number of H-pyrrole nitrogens is 1. The Balaban J connectivity index is 1.88. The van der Waals surface area contributed by atoms with Crippen LogP contribution in [-0.4, -0.2) is 31.8 Å². The van der Waals surface area contributed by atoms with Crippen molar-refractivity contribution < 1.29 is 9.84 Å². The van der Waals surface area contributed by atoms with E-state index in [1.807, 2.05) is 18.2 Å². The fraction of sp³-hybridized carbons (Fsp3) is 0.118. The van der Waals surface area contributed by atoms with Crippen LogP contribution in [0.25, 0.3) is 16.6 Å². The summed E-state index contributed by atoms with van der Waals surface area (Å²) in [4.78, 5) is 17.1. The number of benzene rings is 1. The molecule has 0 saturated heterocycles. The molecule has 8 nitrogen and oxygen atoms in total. The van der Waals surface area contributed by atoms with Gasteiger partial charge in [-0.2, -0.15) is 5.10 Å². The number of ether oxygens (including phenoxy) is 1. The monoisotopic (exact) mass is 337 g/mol. The number of hydrogen-bond acceptors (Lipinski definition) is 6. The molecule has 0 spiro atoms. The van der Waals surface area contributed by atoms with Gasteiger partial charge < -0.3 is 15.2 Å². The summed E-state index contributed by atoms with van der Waals surface area (Å²) in [6.45, 7) is -0.428. The van der Waals surface area contributed by atoms with E-state index >= 15 is 0 Å². The van der Waals surface area contributed by atoms with Crippen molar-refractivity contribution in [3.8, 4) is 5.75 Å². The van der Waals surface area contributed by atoms with Crippen molar-refractivity contribution in [2.24, 2.45) is 0 Å². The number of nitrogens with one attached hydrogen (secondary N) is 2. The molecule has 3 heterocycles. The number of methoxy groups -OCH3 is 1. The molecule has 0 fully saturated rings. The Kier molecular flexibility index (Phi) is 3.58. The second kappa shape index (κ2) is 5.91. The summed E-state index contributed by atoms with van der Waals surface area (Å²) in [7, 11) is 1.52.